The number of hydrogen-bond acceptors (Lipinski definition) is 0. The molecule has 0 aliphatic carbocycles. The molecule has 0 rings (SSSR count). The zero-order valence-corrected chi connectivity index (χ0v) is 6.41. The summed E-state index contributed by atoms with van der Waals surface area (Å²) in [6.07, 6.45) is 2.92. The molecular weight excluding hydrogens is 100 g/mol. The highest BCUT2D eigenvalue weighted by Crippen LogP contribution is 2.05. The highest BCUT2D eigenvalue weighted by Gasteiger charge is 2.08. The fourth-order valence-electron chi connectivity index (χ4n) is 0.375. The number of hydrogen-bond donors (Lipinski definition) is 0. The minimum absolute atomic E-state index is 0.831. The second kappa shape index (κ2) is 2.31. The van der Waals surface area contributed by atoms with Crippen LogP contribution >= 0.6 is 0 Å². The molecule has 0 saturated heterocycles. The molecular formula is C6H13Si. The minimum atomic E-state index is -0.831. The quantitative estimate of drug-likeness (QED) is 0.482. The Morgan fingerprint density at radius 2 is 1.86 bits per heavy atom. The van der Waals surface area contributed by atoms with Crippen LogP contribution < -0.4 is 0 Å². The van der Waals surface area contributed by atoms with Crippen LogP contribution in [0.4, 0.5) is 0 Å². The molecule has 0 aromatic heterocycles. The molecule has 0 aliphatic rings. The van der Waals surface area contributed by atoms with Gasteiger partial charge in [0, 0.05) is 8.07 Å². The molecule has 0 saturated carbocycles. The Labute approximate surface area is 47.3 Å². The fourth-order valence-corrected chi connectivity index (χ4v) is 1.12. The summed E-state index contributed by atoms with van der Waals surface area (Å²) >= 11 is 0. The van der Waals surface area contributed by atoms with E-state index in [1.807, 2.05) is 0 Å². The van der Waals surface area contributed by atoms with Gasteiger partial charge in [-0.1, -0.05) is 32.3 Å². The van der Waals surface area contributed by atoms with Crippen LogP contribution in [0, 0.1) is 6.08 Å². The van der Waals surface area contributed by atoms with Crippen molar-refractivity contribution >= 4 is 8.07 Å². The van der Waals surface area contributed by atoms with Crippen LogP contribution in [0.3, 0.4) is 0 Å². The number of rotatable bonds is 2. The molecule has 0 spiro atoms. The molecule has 0 heterocycles. The van der Waals surface area contributed by atoms with Crippen LogP contribution in [0.5, 0.6) is 0 Å². The molecule has 0 fully saturated rings. The maximum absolute atomic E-state index is 3.56. The highest BCUT2D eigenvalue weighted by atomic mass is 28.3. The summed E-state index contributed by atoms with van der Waals surface area (Å²) in [6, 6.07) is 1.12. The van der Waals surface area contributed by atoms with Gasteiger partial charge in [0.15, 0.2) is 0 Å². The molecule has 0 aromatic carbocycles. The maximum Gasteiger partial charge on any atom is 0.0486 e. The second-order valence-electron chi connectivity index (χ2n) is 2.99. The van der Waals surface area contributed by atoms with Gasteiger partial charge in [0.2, 0.25) is 0 Å². The Hall–Kier alpha value is -0.0431. The Morgan fingerprint density at radius 1 is 1.43 bits per heavy atom. The smallest absolute Gasteiger partial charge is 0.0486 e. The lowest BCUT2D eigenvalue weighted by atomic mass is 10.8. The monoisotopic (exact) mass is 113 g/mol. The average Bonchev–Trinajstić information content (AvgIpc) is 1.30. The highest BCUT2D eigenvalue weighted by molar-refractivity contribution is 6.76. The van der Waals surface area contributed by atoms with Crippen molar-refractivity contribution < 1.29 is 0 Å². The molecule has 1 heteroatoms. The molecule has 0 aliphatic heterocycles. The average molecular weight is 113 g/mol. The summed E-state index contributed by atoms with van der Waals surface area (Å²) in [5.74, 6) is 0. The summed E-state index contributed by atoms with van der Waals surface area (Å²) in [6.45, 7) is 10.5. The van der Waals surface area contributed by atoms with Gasteiger partial charge in [-0.15, -0.1) is 0 Å². The van der Waals surface area contributed by atoms with Gasteiger partial charge in [-0.05, 0) is 6.04 Å². The summed E-state index contributed by atoms with van der Waals surface area (Å²) < 4.78 is 0. The van der Waals surface area contributed by atoms with E-state index in [2.05, 4.69) is 32.3 Å². The summed E-state index contributed by atoms with van der Waals surface area (Å²) in [4.78, 5) is 0. The zero-order chi connectivity index (χ0) is 5.91. The SMILES string of the molecule is C=[C]C[Si](C)(C)C. The van der Waals surface area contributed by atoms with Crippen molar-refractivity contribution in [3.63, 3.8) is 0 Å². The lowest BCUT2D eigenvalue weighted by Gasteiger charge is -2.09. The van der Waals surface area contributed by atoms with E-state index in [-0.39, 0.29) is 0 Å². The van der Waals surface area contributed by atoms with Crippen LogP contribution in [0.25, 0.3) is 0 Å². The third-order valence-electron chi connectivity index (χ3n) is 0.655. The molecule has 0 unspecified atom stereocenters. The van der Waals surface area contributed by atoms with Crippen LogP contribution in [0.15, 0.2) is 6.58 Å². The Balaban J connectivity index is 3.34. The Morgan fingerprint density at radius 3 is 1.86 bits per heavy atom. The van der Waals surface area contributed by atoms with Gasteiger partial charge in [-0.3, -0.25) is 0 Å². The first-order valence-corrected chi connectivity index (χ1v) is 6.27. The molecule has 0 bridgehead atoms. The van der Waals surface area contributed by atoms with E-state index in [4.69, 9.17) is 0 Å². The van der Waals surface area contributed by atoms with Gasteiger partial charge < -0.3 is 0 Å². The molecule has 1 radical (unpaired) electrons. The topological polar surface area (TPSA) is 0 Å². The van der Waals surface area contributed by atoms with Crippen molar-refractivity contribution in [2.24, 2.45) is 0 Å². The second-order valence-corrected chi connectivity index (χ2v) is 8.46. The van der Waals surface area contributed by atoms with Crippen molar-refractivity contribution in [3.05, 3.63) is 12.7 Å². The molecule has 0 amide bonds. The summed E-state index contributed by atoms with van der Waals surface area (Å²) in [5, 5.41) is 0. The van der Waals surface area contributed by atoms with Crippen LogP contribution in [0.2, 0.25) is 25.7 Å². The maximum atomic E-state index is 3.56. The van der Waals surface area contributed by atoms with Gasteiger partial charge in [-0.25, -0.2) is 0 Å². The van der Waals surface area contributed by atoms with E-state index in [0.29, 0.717) is 0 Å². The largest absolute Gasteiger partial charge is 0.0959 e. The first-order chi connectivity index (χ1) is 3.06. The summed E-state index contributed by atoms with van der Waals surface area (Å²) in [5.41, 5.74) is 0. The van der Waals surface area contributed by atoms with Crippen molar-refractivity contribution in [3.8, 4) is 0 Å². The first-order valence-electron chi connectivity index (χ1n) is 2.56. The third-order valence-corrected chi connectivity index (χ3v) is 1.97. The predicted molar refractivity (Wildman–Crippen MR) is 37.0 cm³/mol. The van der Waals surface area contributed by atoms with E-state index >= 15 is 0 Å². The van der Waals surface area contributed by atoms with E-state index < -0.39 is 8.07 Å². The van der Waals surface area contributed by atoms with E-state index in [0.717, 1.165) is 6.04 Å². The van der Waals surface area contributed by atoms with Gasteiger partial charge >= 0.3 is 0 Å². The first kappa shape index (κ1) is 6.96. The lowest BCUT2D eigenvalue weighted by Crippen LogP contribution is -2.17. The summed E-state index contributed by atoms with van der Waals surface area (Å²) in [7, 11) is -0.831. The van der Waals surface area contributed by atoms with Crippen molar-refractivity contribution in [1.82, 2.24) is 0 Å². The standard InChI is InChI=1S/C6H13Si/c1-5-6-7(2,3)4/h1,6H2,2-4H3. The Bertz CT molecular complexity index is 59.1. The third kappa shape index (κ3) is 5.96. The molecule has 0 nitrogen and oxygen atoms in total. The molecule has 7 heavy (non-hydrogen) atoms. The van der Waals surface area contributed by atoms with Gasteiger partial charge in [0.25, 0.3) is 0 Å². The van der Waals surface area contributed by atoms with Crippen LogP contribution in [-0.2, 0) is 0 Å². The minimum Gasteiger partial charge on any atom is -0.0959 e. The van der Waals surface area contributed by atoms with Crippen LogP contribution in [0.1, 0.15) is 0 Å². The predicted octanol–water partition coefficient (Wildman–Crippen LogP) is 2.31. The van der Waals surface area contributed by atoms with Gasteiger partial charge in [0.1, 0.15) is 0 Å². The fraction of sp³-hybridized carbons (Fsp3) is 0.667. The van der Waals surface area contributed by atoms with E-state index in [1.165, 1.54) is 0 Å². The molecule has 0 N–H and O–H groups in total. The van der Waals surface area contributed by atoms with Gasteiger partial charge in [-0.2, -0.15) is 0 Å². The van der Waals surface area contributed by atoms with Crippen molar-refractivity contribution in [2.75, 3.05) is 0 Å². The Kier molecular flexibility index (Phi) is 2.30. The van der Waals surface area contributed by atoms with Crippen molar-refractivity contribution in [1.29, 1.82) is 0 Å². The lowest BCUT2D eigenvalue weighted by molar-refractivity contribution is 1.48. The number of allylic oxidation sites excluding steroid dienone is 1. The molecule has 0 aromatic rings. The van der Waals surface area contributed by atoms with E-state index in [1.54, 1.807) is 0 Å². The van der Waals surface area contributed by atoms with Crippen LogP contribution in [-0.4, -0.2) is 8.07 Å². The molecule has 41 valence electrons. The van der Waals surface area contributed by atoms with E-state index in [9.17, 15) is 0 Å². The normalized spacial score (nSPS) is 11.3. The zero-order valence-electron chi connectivity index (χ0n) is 5.41. The van der Waals surface area contributed by atoms with Crippen molar-refractivity contribution in [2.45, 2.75) is 25.7 Å². The molecule has 0 atom stereocenters. The van der Waals surface area contributed by atoms with Gasteiger partial charge in [0.05, 0.1) is 0 Å².